The number of ketones is 1. The normalized spacial score (nSPS) is 21.1. The maximum absolute atomic E-state index is 13.4. The molecule has 0 aromatic carbocycles. The number of rotatable bonds is 6. The average molecular weight is 437 g/mol. The molecule has 0 fully saturated rings. The molecule has 0 bridgehead atoms. The topological polar surface area (TPSA) is 106 Å². The van der Waals surface area contributed by atoms with E-state index in [1.807, 2.05) is 6.07 Å². The van der Waals surface area contributed by atoms with Crippen molar-refractivity contribution in [2.24, 2.45) is 5.41 Å². The fourth-order valence-electron chi connectivity index (χ4n) is 4.64. The first kappa shape index (κ1) is 22.0. The summed E-state index contributed by atoms with van der Waals surface area (Å²) in [5.74, 6) is -1.07. The Balaban J connectivity index is 1.97. The highest BCUT2D eigenvalue weighted by Crippen LogP contribution is 2.48. The average Bonchev–Trinajstić information content (AvgIpc) is 3.27. The van der Waals surface area contributed by atoms with Gasteiger partial charge in [-0.3, -0.25) is 9.78 Å². The lowest BCUT2D eigenvalue weighted by atomic mass is 9.68. The van der Waals surface area contributed by atoms with Crippen LogP contribution >= 0.6 is 0 Å². The van der Waals surface area contributed by atoms with Crippen molar-refractivity contribution in [2.75, 3.05) is 13.7 Å². The van der Waals surface area contributed by atoms with E-state index in [1.54, 1.807) is 45.0 Å². The minimum atomic E-state index is -0.620. The standard InChI is InChI=1S/C24H28N4O4/c1-5-32-23(30)20-18(14-7-6-8-25-11-14)19-15(9-24(2,3)10-17(19)29)28-21(20)22(31-4)16-12-26-13-27-16/h6-8,11-13,18,22,28H,5,9-10H2,1-4H3,(H,26,27). The second-order valence-corrected chi connectivity index (χ2v) is 8.85. The molecule has 0 amide bonds. The summed E-state index contributed by atoms with van der Waals surface area (Å²) >= 11 is 0. The minimum absolute atomic E-state index is 0.0222. The number of hydrogen-bond acceptors (Lipinski definition) is 7. The summed E-state index contributed by atoms with van der Waals surface area (Å²) in [7, 11) is 1.57. The van der Waals surface area contributed by atoms with Crippen molar-refractivity contribution in [3.63, 3.8) is 0 Å². The molecule has 4 rings (SSSR count). The highest BCUT2D eigenvalue weighted by atomic mass is 16.5. The Morgan fingerprint density at radius 3 is 2.72 bits per heavy atom. The van der Waals surface area contributed by atoms with Gasteiger partial charge in [-0.25, -0.2) is 9.78 Å². The molecular formula is C24H28N4O4. The Labute approximate surface area is 187 Å². The van der Waals surface area contributed by atoms with Crippen molar-refractivity contribution in [3.05, 3.63) is 70.8 Å². The van der Waals surface area contributed by atoms with Crippen LogP contribution in [0.3, 0.4) is 0 Å². The van der Waals surface area contributed by atoms with Gasteiger partial charge in [0.1, 0.15) is 6.10 Å². The fraction of sp³-hybridized carbons (Fsp3) is 0.417. The number of carbonyl (C=O) groups is 2. The van der Waals surface area contributed by atoms with Crippen molar-refractivity contribution < 1.29 is 19.1 Å². The fourth-order valence-corrected chi connectivity index (χ4v) is 4.64. The van der Waals surface area contributed by atoms with Crippen LogP contribution in [0.15, 0.2) is 59.6 Å². The van der Waals surface area contributed by atoms with Crippen LogP contribution in [0.25, 0.3) is 0 Å². The van der Waals surface area contributed by atoms with E-state index in [-0.39, 0.29) is 17.8 Å². The number of pyridine rings is 1. The number of Topliss-reactive ketones (excluding diaryl/α,β-unsaturated/α-hetero) is 1. The van der Waals surface area contributed by atoms with Crippen LogP contribution in [0.1, 0.15) is 56.9 Å². The zero-order chi connectivity index (χ0) is 22.9. The Bertz CT molecular complexity index is 1070. The number of methoxy groups -OCH3 is 1. The summed E-state index contributed by atoms with van der Waals surface area (Å²) in [6.07, 6.45) is 7.04. The number of aromatic amines is 1. The molecule has 8 heteroatoms. The van der Waals surface area contributed by atoms with Crippen molar-refractivity contribution in [1.82, 2.24) is 20.3 Å². The van der Waals surface area contributed by atoms with Gasteiger partial charge in [0.15, 0.2) is 5.78 Å². The Morgan fingerprint density at radius 2 is 2.09 bits per heavy atom. The largest absolute Gasteiger partial charge is 0.463 e. The van der Waals surface area contributed by atoms with Gasteiger partial charge >= 0.3 is 5.97 Å². The summed E-state index contributed by atoms with van der Waals surface area (Å²) in [6.45, 7) is 6.11. The van der Waals surface area contributed by atoms with E-state index in [1.165, 1.54) is 0 Å². The van der Waals surface area contributed by atoms with Gasteiger partial charge < -0.3 is 19.8 Å². The molecule has 168 valence electrons. The van der Waals surface area contributed by atoms with E-state index >= 15 is 0 Å². The molecule has 0 saturated carbocycles. The third-order valence-corrected chi connectivity index (χ3v) is 5.89. The van der Waals surface area contributed by atoms with Crippen molar-refractivity contribution in [2.45, 2.75) is 45.6 Å². The number of ether oxygens (including phenoxy) is 2. The molecule has 2 aromatic rings. The lowest BCUT2D eigenvalue weighted by Crippen LogP contribution is -2.40. The maximum Gasteiger partial charge on any atom is 0.336 e. The van der Waals surface area contributed by atoms with Gasteiger partial charge in [-0.2, -0.15) is 0 Å². The molecule has 32 heavy (non-hydrogen) atoms. The number of hydrogen-bond donors (Lipinski definition) is 2. The summed E-state index contributed by atoms with van der Waals surface area (Å²) in [6, 6.07) is 3.69. The van der Waals surface area contributed by atoms with Gasteiger partial charge in [0.05, 0.1) is 36.1 Å². The van der Waals surface area contributed by atoms with E-state index in [9.17, 15) is 9.59 Å². The number of esters is 1. The summed E-state index contributed by atoms with van der Waals surface area (Å²) in [5, 5.41) is 3.41. The van der Waals surface area contributed by atoms with Gasteiger partial charge in [-0.1, -0.05) is 19.9 Å². The van der Waals surface area contributed by atoms with Crippen LogP contribution < -0.4 is 5.32 Å². The first-order valence-electron chi connectivity index (χ1n) is 10.7. The van der Waals surface area contributed by atoms with E-state index < -0.39 is 18.0 Å². The lowest BCUT2D eigenvalue weighted by Gasteiger charge is -2.41. The molecular weight excluding hydrogens is 408 g/mol. The number of imidazole rings is 1. The second kappa shape index (κ2) is 8.70. The van der Waals surface area contributed by atoms with Crippen LogP contribution in [-0.4, -0.2) is 40.4 Å². The molecule has 2 unspecified atom stereocenters. The second-order valence-electron chi connectivity index (χ2n) is 8.85. The van der Waals surface area contributed by atoms with E-state index in [0.717, 1.165) is 11.3 Å². The molecule has 2 atom stereocenters. The number of allylic oxidation sites excluding steroid dienone is 2. The van der Waals surface area contributed by atoms with Crippen LogP contribution in [0.2, 0.25) is 0 Å². The SMILES string of the molecule is CCOC(=O)C1=C(C(OC)c2cnc[nH]2)NC2=C(C(=O)CC(C)(C)C2)C1c1cccnc1. The molecule has 0 radical (unpaired) electrons. The van der Waals surface area contributed by atoms with E-state index in [0.29, 0.717) is 35.4 Å². The van der Waals surface area contributed by atoms with Crippen LogP contribution in [-0.2, 0) is 19.1 Å². The van der Waals surface area contributed by atoms with Gasteiger partial charge in [-0.15, -0.1) is 0 Å². The molecule has 0 spiro atoms. The first-order valence-corrected chi connectivity index (χ1v) is 10.7. The van der Waals surface area contributed by atoms with Gasteiger partial charge in [0.25, 0.3) is 0 Å². The van der Waals surface area contributed by atoms with Gasteiger partial charge in [-0.05, 0) is 30.4 Å². The Morgan fingerprint density at radius 1 is 1.28 bits per heavy atom. The van der Waals surface area contributed by atoms with Gasteiger partial charge in [0, 0.05) is 43.1 Å². The number of nitrogens with zero attached hydrogens (tertiary/aromatic N) is 2. The zero-order valence-corrected chi connectivity index (χ0v) is 18.8. The number of aromatic nitrogens is 3. The third kappa shape index (κ3) is 3.98. The van der Waals surface area contributed by atoms with Crippen LogP contribution in [0.5, 0.6) is 0 Å². The quantitative estimate of drug-likeness (QED) is 0.669. The lowest BCUT2D eigenvalue weighted by molar-refractivity contribution is -0.139. The summed E-state index contributed by atoms with van der Waals surface area (Å²) in [4.78, 5) is 38.2. The molecule has 0 saturated heterocycles. The highest BCUT2D eigenvalue weighted by Gasteiger charge is 2.45. The zero-order valence-electron chi connectivity index (χ0n) is 18.8. The minimum Gasteiger partial charge on any atom is -0.463 e. The van der Waals surface area contributed by atoms with Crippen molar-refractivity contribution in [3.8, 4) is 0 Å². The number of nitrogens with one attached hydrogen (secondary N) is 2. The smallest absolute Gasteiger partial charge is 0.336 e. The van der Waals surface area contributed by atoms with Crippen LogP contribution in [0.4, 0.5) is 0 Å². The Kier molecular flexibility index (Phi) is 5.97. The predicted molar refractivity (Wildman–Crippen MR) is 117 cm³/mol. The molecule has 2 aliphatic rings. The van der Waals surface area contributed by atoms with Crippen LogP contribution in [0, 0.1) is 5.41 Å². The molecule has 1 aliphatic carbocycles. The van der Waals surface area contributed by atoms with Gasteiger partial charge in [0.2, 0.25) is 0 Å². The van der Waals surface area contributed by atoms with Crippen molar-refractivity contribution >= 4 is 11.8 Å². The monoisotopic (exact) mass is 436 g/mol. The molecule has 8 nitrogen and oxygen atoms in total. The highest BCUT2D eigenvalue weighted by molar-refractivity contribution is 6.04. The third-order valence-electron chi connectivity index (χ3n) is 5.89. The van der Waals surface area contributed by atoms with Crippen molar-refractivity contribution in [1.29, 1.82) is 0 Å². The van der Waals surface area contributed by atoms with E-state index in [4.69, 9.17) is 9.47 Å². The molecule has 2 N–H and O–H groups in total. The first-order chi connectivity index (χ1) is 15.4. The number of dihydropyridines is 1. The molecule has 1 aliphatic heterocycles. The van der Waals surface area contributed by atoms with E-state index in [2.05, 4.69) is 34.1 Å². The summed E-state index contributed by atoms with van der Waals surface area (Å²) in [5.41, 5.74) is 3.56. The number of carbonyl (C=O) groups excluding carboxylic acids is 2. The molecule has 3 heterocycles. The Hall–Kier alpha value is -3.26. The predicted octanol–water partition coefficient (Wildman–Crippen LogP) is 3.34. The summed E-state index contributed by atoms with van der Waals surface area (Å²) < 4.78 is 11.3. The number of H-pyrrole nitrogens is 1. The molecule has 2 aromatic heterocycles. The maximum atomic E-state index is 13.4.